The lowest BCUT2D eigenvalue weighted by atomic mass is 10.0. The van der Waals surface area contributed by atoms with Crippen LogP contribution in [0.5, 0.6) is 0 Å². The van der Waals surface area contributed by atoms with Crippen molar-refractivity contribution in [3.8, 4) is 0 Å². The molecular formula is C15H23NS2. The van der Waals surface area contributed by atoms with E-state index in [9.17, 15) is 0 Å². The summed E-state index contributed by atoms with van der Waals surface area (Å²) in [4.78, 5) is 4.02. The van der Waals surface area contributed by atoms with E-state index in [-0.39, 0.29) is 0 Å². The fourth-order valence-electron chi connectivity index (χ4n) is 2.42. The molecule has 1 aromatic rings. The van der Waals surface area contributed by atoms with E-state index in [4.69, 9.17) is 0 Å². The summed E-state index contributed by atoms with van der Waals surface area (Å²) in [5, 5.41) is 0. The Morgan fingerprint density at radius 1 is 1.44 bits per heavy atom. The highest BCUT2D eigenvalue weighted by Crippen LogP contribution is 2.39. The molecule has 2 atom stereocenters. The maximum Gasteiger partial charge on any atom is 0.0108 e. The van der Waals surface area contributed by atoms with Gasteiger partial charge >= 0.3 is 0 Å². The average Bonchev–Trinajstić information content (AvgIpc) is 2.79. The highest BCUT2D eigenvalue weighted by molar-refractivity contribution is 7.99. The predicted molar refractivity (Wildman–Crippen MR) is 85.0 cm³/mol. The molecule has 0 bridgehead atoms. The quantitative estimate of drug-likeness (QED) is 0.777. The molecule has 0 amide bonds. The van der Waals surface area contributed by atoms with Gasteiger partial charge in [-0.3, -0.25) is 0 Å². The number of nitrogens with zero attached hydrogens (tertiary/aromatic N) is 1. The van der Waals surface area contributed by atoms with Gasteiger partial charge in [-0.1, -0.05) is 18.2 Å². The number of hydrogen-bond acceptors (Lipinski definition) is 3. The Kier molecular flexibility index (Phi) is 5.46. The van der Waals surface area contributed by atoms with Crippen LogP contribution in [0, 0.1) is 0 Å². The Labute approximate surface area is 120 Å². The molecule has 2 rings (SSSR count). The van der Waals surface area contributed by atoms with E-state index in [1.807, 2.05) is 23.5 Å². The minimum Gasteiger partial charge on any atom is -0.303 e. The molecule has 18 heavy (non-hydrogen) atoms. The third-order valence-corrected chi connectivity index (χ3v) is 5.70. The van der Waals surface area contributed by atoms with Crippen LogP contribution in [0.25, 0.3) is 0 Å². The molecule has 0 saturated carbocycles. The SMILES string of the molecule is CSCCC(C)N(C)CC1CSc2ccccc21. The Balaban J connectivity index is 1.91. The molecule has 0 N–H and O–H groups in total. The standard InChI is InChI=1S/C15H23NS2/c1-12(8-9-17-3)16(2)10-13-11-18-15-7-5-4-6-14(13)15/h4-7,12-13H,8-11H2,1-3H3. The summed E-state index contributed by atoms with van der Waals surface area (Å²) < 4.78 is 0. The second kappa shape index (κ2) is 6.88. The molecule has 1 aliphatic heterocycles. The van der Waals surface area contributed by atoms with Crippen LogP contribution in [-0.2, 0) is 0 Å². The van der Waals surface area contributed by atoms with Gasteiger partial charge < -0.3 is 4.90 Å². The predicted octanol–water partition coefficient (Wildman–Crippen LogP) is 3.95. The zero-order chi connectivity index (χ0) is 13.0. The molecule has 100 valence electrons. The molecule has 0 radical (unpaired) electrons. The monoisotopic (exact) mass is 281 g/mol. The maximum absolute atomic E-state index is 2.53. The van der Waals surface area contributed by atoms with Gasteiger partial charge in [0.05, 0.1) is 0 Å². The van der Waals surface area contributed by atoms with Crippen molar-refractivity contribution in [1.82, 2.24) is 4.90 Å². The molecule has 1 nitrogen and oxygen atoms in total. The van der Waals surface area contributed by atoms with Crippen LogP contribution in [0.1, 0.15) is 24.8 Å². The van der Waals surface area contributed by atoms with E-state index < -0.39 is 0 Å². The Bertz CT molecular complexity index is 381. The van der Waals surface area contributed by atoms with Crippen LogP contribution in [0.2, 0.25) is 0 Å². The van der Waals surface area contributed by atoms with Gasteiger partial charge in [-0.05, 0) is 44.0 Å². The Morgan fingerprint density at radius 2 is 2.22 bits per heavy atom. The van der Waals surface area contributed by atoms with Crippen LogP contribution in [0.15, 0.2) is 29.2 Å². The summed E-state index contributed by atoms with van der Waals surface area (Å²) >= 11 is 3.96. The van der Waals surface area contributed by atoms with Crippen LogP contribution in [0.3, 0.4) is 0 Å². The lowest BCUT2D eigenvalue weighted by Gasteiger charge is -2.27. The fourth-order valence-corrected chi connectivity index (χ4v) is 4.24. The van der Waals surface area contributed by atoms with E-state index in [0.717, 1.165) is 0 Å². The lowest BCUT2D eigenvalue weighted by Crippen LogP contribution is -2.33. The van der Waals surface area contributed by atoms with Crippen molar-refractivity contribution >= 4 is 23.5 Å². The largest absolute Gasteiger partial charge is 0.303 e. The molecule has 2 unspecified atom stereocenters. The molecule has 1 aromatic carbocycles. The second-order valence-electron chi connectivity index (χ2n) is 5.12. The molecule has 1 heterocycles. The fraction of sp³-hybridized carbons (Fsp3) is 0.600. The summed E-state index contributed by atoms with van der Waals surface area (Å²) in [5.41, 5.74) is 1.56. The lowest BCUT2D eigenvalue weighted by molar-refractivity contribution is 0.243. The van der Waals surface area contributed by atoms with E-state index >= 15 is 0 Å². The third-order valence-electron chi connectivity index (χ3n) is 3.80. The van der Waals surface area contributed by atoms with Gasteiger partial charge in [0.1, 0.15) is 0 Å². The Morgan fingerprint density at radius 3 is 3.00 bits per heavy atom. The summed E-state index contributed by atoms with van der Waals surface area (Å²) in [7, 11) is 2.27. The van der Waals surface area contributed by atoms with Crippen molar-refractivity contribution < 1.29 is 0 Å². The molecule has 0 aromatic heterocycles. The zero-order valence-electron chi connectivity index (χ0n) is 11.6. The minimum absolute atomic E-state index is 0.690. The van der Waals surface area contributed by atoms with Gasteiger partial charge in [0.15, 0.2) is 0 Å². The van der Waals surface area contributed by atoms with Crippen LogP contribution in [-0.4, -0.2) is 42.3 Å². The van der Waals surface area contributed by atoms with E-state index in [1.165, 1.54) is 29.4 Å². The summed E-state index contributed by atoms with van der Waals surface area (Å²) in [5.74, 6) is 3.23. The first-order chi connectivity index (χ1) is 8.72. The zero-order valence-corrected chi connectivity index (χ0v) is 13.2. The number of likely N-dealkylation sites (N-methyl/N-ethyl adjacent to an activating group) is 1. The second-order valence-corrected chi connectivity index (χ2v) is 7.16. The highest BCUT2D eigenvalue weighted by atomic mass is 32.2. The molecule has 3 heteroatoms. The van der Waals surface area contributed by atoms with Crippen molar-refractivity contribution in [2.24, 2.45) is 0 Å². The number of fused-ring (bicyclic) bond motifs is 1. The third kappa shape index (κ3) is 3.46. The first kappa shape index (κ1) is 14.3. The van der Waals surface area contributed by atoms with Crippen molar-refractivity contribution in [1.29, 1.82) is 0 Å². The molecule has 1 aliphatic rings. The van der Waals surface area contributed by atoms with Crippen molar-refractivity contribution in [2.45, 2.75) is 30.2 Å². The number of rotatable bonds is 6. The van der Waals surface area contributed by atoms with Crippen molar-refractivity contribution in [2.75, 3.05) is 31.4 Å². The van der Waals surface area contributed by atoms with Crippen LogP contribution < -0.4 is 0 Å². The number of hydrogen-bond donors (Lipinski definition) is 0. The maximum atomic E-state index is 2.53. The van der Waals surface area contributed by atoms with Crippen molar-refractivity contribution in [3.05, 3.63) is 29.8 Å². The molecule has 0 saturated heterocycles. The average molecular weight is 281 g/mol. The normalized spacial score (nSPS) is 20.1. The van der Waals surface area contributed by atoms with Gasteiger partial charge in [0.25, 0.3) is 0 Å². The van der Waals surface area contributed by atoms with E-state index in [1.54, 1.807) is 5.56 Å². The topological polar surface area (TPSA) is 3.24 Å². The first-order valence-corrected chi connectivity index (χ1v) is 9.01. The van der Waals surface area contributed by atoms with Crippen LogP contribution >= 0.6 is 23.5 Å². The van der Waals surface area contributed by atoms with Gasteiger partial charge in [-0.2, -0.15) is 11.8 Å². The summed E-state index contributed by atoms with van der Waals surface area (Å²) in [6, 6.07) is 9.58. The highest BCUT2D eigenvalue weighted by Gasteiger charge is 2.24. The van der Waals surface area contributed by atoms with Crippen LogP contribution in [0.4, 0.5) is 0 Å². The molecular weight excluding hydrogens is 258 g/mol. The van der Waals surface area contributed by atoms with Gasteiger partial charge in [0, 0.05) is 29.2 Å². The van der Waals surface area contributed by atoms with E-state index in [2.05, 4.69) is 49.4 Å². The van der Waals surface area contributed by atoms with Gasteiger partial charge in [-0.15, -0.1) is 11.8 Å². The molecule has 0 fully saturated rings. The molecule has 0 spiro atoms. The van der Waals surface area contributed by atoms with Gasteiger partial charge in [-0.25, -0.2) is 0 Å². The smallest absolute Gasteiger partial charge is 0.0108 e. The van der Waals surface area contributed by atoms with Gasteiger partial charge in [0.2, 0.25) is 0 Å². The summed E-state index contributed by atoms with van der Waals surface area (Å²) in [6.07, 6.45) is 3.48. The van der Waals surface area contributed by atoms with Crippen molar-refractivity contribution in [3.63, 3.8) is 0 Å². The number of thioether (sulfide) groups is 2. The first-order valence-electron chi connectivity index (χ1n) is 6.63. The Hall–Kier alpha value is -0.120. The number of benzene rings is 1. The van der Waals surface area contributed by atoms with E-state index in [0.29, 0.717) is 12.0 Å². The molecule has 0 aliphatic carbocycles. The summed E-state index contributed by atoms with van der Waals surface area (Å²) in [6.45, 7) is 3.55. The minimum atomic E-state index is 0.690.